The molecule has 3 rings (SSSR count). The summed E-state index contributed by atoms with van der Waals surface area (Å²) in [7, 11) is 0. The average molecular weight is 458 g/mol. The number of ether oxygens (including phenoxy) is 3. The first-order valence-electron chi connectivity index (χ1n) is 10.2. The van der Waals surface area contributed by atoms with Gasteiger partial charge in [0.05, 0.1) is 18.1 Å². The molecule has 7 heteroatoms. The van der Waals surface area contributed by atoms with Crippen LogP contribution in [0.5, 0.6) is 11.5 Å². The summed E-state index contributed by atoms with van der Waals surface area (Å²) in [5.41, 5.74) is 3.36. The van der Waals surface area contributed by atoms with Gasteiger partial charge in [0, 0.05) is 6.54 Å². The summed E-state index contributed by atoms with van der Waals surface area (Å²) in [5, 5.41) is 0. The van der Waals surface area contributed by atoms with Crippen LogP contribution in [0.3, 0.4) is 0 Å². The maximum atomic E-state index is 12.3. The van der Waals surface area contributed by atoms with Crippen LogP contribution in [0.1, 0.15) is 23.6 Å². The fraction of sp³-hybridized carbons (Fsp3) is 0.333. The lowest BCUT2D eigenvalue weighted by Crippen LogP contribution is -2.27. The zero-order valence-corrected chi connectivity index (χ0v) is 19.7. The molecular formula is C24H27NO4S2. The van der Waals surface area contributed by atoms with Gasteiger partial charge in [0.15, 0.2) is 0 Å². The Morgan fingerprint density at radius 1 is 0.968 bits per heavy atom. The summed E-state index contributed by atoms with van der Waals surface area (Å²) in [4.78, 5) is 14.6. The fourth-order valence-electron chi connectivity index (χ4n) is 2.96. The van der Waals surface area contributed by atoms with Crippen LogP contribution in [-0.2, 0) is 9.53 Å². The van der Waals surface area contributed by atoms with E-state index in [1.54, 1.807) is 4.90 Å². The van der Waals surface area contributed by atoms with Crippen molar-refractivity contribution in [3.8, 4) is 11.5 Å². The van der Waals surface area contributed by atoms with E-state index >= 15 is 0 Å². The van der Waals surface area contributed by atoms with Crippen LogP contribution >= 0.6 is 24.0 Å². The summed E-state index contributed by atoms with van der Waals surface area (Å²) >= 11 is 6.59. The summed E-state index contributed by atoms with van der Waals surface area (Å²) in [5.74, 6) is 1.55. The lowest BCUT2D eigenvalue weighted by atomic mass is 10.1. The minimum absolute atomic E-state index is 0.0414. The number of hydrogen-bond donors (Lipinski definition) is 0. The maximum Gasteiger partial charge on any atom is 0.266 e. The molecule has 164 valence electrons. The van der Waals surface area contributed by atoms with Gasteiger partial charge in [-0.25, -0.2) is 0 Å². The molecule has 31 heavy (non-hydrogen) atoms. The Morgan fingerprint density at radius 2 is 1.68 bits per heavy atom. The fourth-order valence-corrected chi connectivity index (χ4v) is 4.34. The van der Waals surface area contributed by atoms with E-state index in [4.69, 9.17) is 26.4 Å². The van der Waals surface area contributed by atoms with E-state index < -0.39 is 0 Å². The molecule has 1 aliphatic heterocycles. The van der Waals surface area contributed by atoms with Crippen LogP contribution < -0.4 is 9.47 Å². The maximum absolute atomic E-state index is 12.3. The Balaban J connectivity index is 1.39. The topological polar surface area (TPSA) is 48.0 Å². The van der Waals surface area contributed by atoms with Gasteiger partial charge >= 0.3 is 0 Å². The number of likely N-dealkylation sites (N-methyl/N-ethyl adjacent to an activating group) is 1. The van der Waals surface area contributed by atoms with Crippen molar-refractivity contribution in [2.45, 2.75) is 20.8 Å². The second-order valence-electron chi connectivity index (χ2n) is 7.05. The molecule has 1 heterocycles. The zero-order chi connectivity index (χ0) is 22.2. The van der Waals surface area contributed by atoms with Crippen molar-refractivity contribution in [3.63, 3.8) is 0 Å². The molecule has 0 radical (unpaired) electrons. The summed E-state index contributed by atoms with van der Waals surface area (Å²) in [6.07, 6.45) is 1.85. The third kappa shape index (κ3) is 6.56. The molecule has 0 saturated carbocycles. The molecule has 1 aliphatic rings. The molecule has 0 spiro atoms. The van der Waals surface area contributed by atoms with Crippen LogP contribution in [0.25, 0.3) is 6.08 Å². The molecule has 1 amide bonds. The second kappa shape index (κ2) is 11.3. The van der Waals surface area contributed by atoms with Gasteiger partial charge in [-0.15, -0.1) is 0 Å². The van der Waals surface area contributed by atoms with Crippen LogP contribution in [0.15, 0.2) is 47.4 Å². The van der Waals surface area contributed by atoms with Crippen molar-refractivity contribution in [1.29, 1.82) is 0 Å². The summed E-state index contributed by atoms with van der Waals surface area (Å²) in [6.45, 7) is 8.54. The monoisotopic (exact) mass is 457 g/mol. The highest BCUT2D eigenvalue weighted by atomic mass is 32.2. The molecule has 1 saturated heterocycles. The second-order valence-corrected chi connectivity index (χ2v) is 8.73. The Morgan fingerprint density at radius 3 is 2.32 bits per heavy atom. The van der Waals surface area contributed by atoms with Crippen molar-refractivity contribution in [2.75, 3.05) is 33.0 Å². The number of thiocarbonyl (C=S) groups is 1. The summed E-state index contributed by atoms with van der Waals surface area (Å²) < 4.78 is 17.7. The van der Waals surface area contributed by atoms with Gasteiger partial charge in [-0.05, 0) is 67.8 Å². The number of aryl methyl sites for hydroxylation is 2. The Bertz CT molecular complexity index is 974. The third-order valence-electron chi connectivity index (χ3n) is 4.82. The van der Waals surface area contributed by atoms with Crippen LogP contribution in [0.2, 0.25) is 0 Å². The quantitative estimate of drug-likeness (QED) is 0.284. The number of thioether (sulfide) groups is 1. The normalized spacial score (nSPS) is 15.1. The lowest BCUT2D eigenvalue weighted by molar-refractivity contribution is -0.121. The predicted molar refractivity (Wildman–Crippen MR) is 130 cm³/mol. The van der Waals surface area contributed by atoms with E-state index in [1.165, 1.54) is 22.9 Å². The van der Waals surface area contributed by atoms with Crippen LogP contribution in [0, 0.1) is 13.8 Å². The minimum atomic E-state index is -0.0414. The first-order valence-corrected chi connectivity index (χ1v) is 11.5. The standard InChI is InChI=1S/C24H27NO4S2/c1-4-25-23(26)22(31-24(25)30)16-19-6-5-7-20(15-19)28-12-10-27-11-13-29-21-9-8-17(2)18(3)14-21/h5-9,14-16H,4,10-13H2,1-3H3. The van der Waals surface area contributed by atoms with Gasteiger partial charge in [-0.2, -0.15) is 0 Å². The van der Waals surface area contributed by atoms with Gasteiger partial charge in [-0.1, -0.05) is 42.2 Å². The van der Waals surface area contributed by atoms with E-state index in [0.717, 1.165) is 17.1 Å². The smallest absolute Gasteiger partial charge is 0.266 e. The molecule has 0 aromatic heterocycles. The highest BCUT2D eigenvalue weighted by Gasteiger charge is 2.30. The first-order chi connectivity index (χ1) is 15.0. The summed E-state index contributed by atoms with van der Waals surface area (Å²) in [6, 6.07) is 13.7. The van der Waals surface area contributed by atoms with Crippen molar-refractivity contribution in [2.24, 2.45) is 0 Å². The van der Waals surface area contributed by atoms with E-state index in [0.29, 0.717) is 42.2 Å². The van der Waals surface area contributed by atoms with Crippen molar-refractivity contribution in [1.82, 2.24) is 4.90 Å². The number of amides is 1. The number of carbonyl (C=O) groups is 1. The molecule has 2 aromatic rings. The highest BCUT2D eigenvalue weighted by molar-refractivity contribution is 8.26. The number of rotatable bonds is 10. The lowest BCUT2D eigenvalue weighted by Gasteiger charge is -2.10. The molecule has 0 N–H and O–H groups in total. The third-order valence-corrected chi connectivity index (χ3v) is 6.19. The molecule has 0 bridgehead atoms. The highest BCUT2D eigenvalue weighted by Crippen LogP contribution is 2.32. The molecule has 2 aromatic carbocycles. The number of nitrogens with zero attached hydrogens (tertiary/aromatic N) is 1. The van der Waals surface area contributed by atoms with Crippen LogP contribution in [-0.4, -0.2) is 48.1 Å². The molecule has 0 atom stereocenters. The van der Waals surface area contributed by atoms with Gasteiger partial charge < -0.3 is 14.2 Å². The van der Waals surface area contributed by atoms with Crippen LogP contribution in [0.4, 0.5) is 0 Å². The molecule has 1 fully saturated rings. The number of hydrogen-bond acceptors (Lipinski definition) is 6. The minimum Gasteiger partial charge on any atom is -0.491 e. The zero-order valence-electron chi connectivity index (χ0n) is 18.1. The van der Waals surface area contributed by atoms with Crippen molar-refractivity contribution in [3.05, 3.63) is 64.1 Å². The predicted octanol–water partition coefficient (Wildman–Crippen LogP) is 5.00. The average Bonchev–Trinajstić information content (AvgIpc) is 3.02. The Hall–Kier alpha value is -2.35. The van der Waals surface area contributed by atoms with Gasteiger partial charge in [0.25, 0.3) is 5.91 Å². The van der Waals surface area contributed by atoms with E-state index in [1.807, 2.05) is 49.4 Å². The number of carbonyl (C=O) groups excluding carboxylic acids is 1. The SMILES string of the molecule is CCN1C(=O)C(=Cc2cccc(OCCOCCOc3ccc(C)c(C)c3)c2)SC1=S. The molecule has 5 nitrogen and oxygen atoms in total. The largest absolute Gasteiger partial charge is 0.491 e. The number of benzene rings is 2. The van der Waals surface area contributed by atoms with Crippen molar-refractivity contribution < 1.29 is 19.0 Å². The molecular weight excluding hydrogens is 430 g/mol. The van der Waals surface area contributed by atoms with Gasteiger partial charge in [0.1, 0.15) is 29.0 Å². The Kier molecular flexibility index (Phi) is 8.51. The van der Waals surface area contributed by atoms with Gasteiger partial charge in [0.2, 0.25) is 0 Å². The Labute approximate surface area is 193 Å². The van der Waals surface area contributed by atoms with Crippen molar-refractivity contribution >= 4 is 40.3 Å². The van der Waals surface area contributed by atoms with E-state index in [9.17, 15) is 4.79 Å². The molecule has 0 aliphatic carbocycles. The van der Waals surface area contributed by atoms with E-state index in [2.05, 4.69) is 19.9 Å². The molecule has 0 unspecified atom stereocenters. The first kappa shape index (κ1) is 23.3. The van der Waals surface area contributed by atoms with E-state index in [-0.39, 0.29) is 5.91 Å². The van der Waals surface area contributed by atoms with Gasteiger partial charge in [-0.3, -0.25) is 9.69 Å².